The van der Waals surface area contributed by atoms with Crippen LogP contribution in [0.15, 0.2) is 0 Å². The molecule has 4 aliphatic rings. The molecule has 0 atom stereocenters. The molecular weight excluding hydrogens is 300 g/mol. The Morgan fingerprint density at radius 3 is 2.04 bits per heavy atom. The Morgan fingerprint density at radius 1 is 0.913 bits per heavy atom. The van der Waals surface area contributed by atoms with Crippen LogP contribution in [0.1, 0.15) is 52.4 Å². The van der Waals surface area contributed by atoms with Gasteiger partial charge in [0.15, 0.2) is 5.79 Å². The number of hydrogen-bond acceptors (Lipinski definition) is 6. The summed E-state index contributed by atoms with van der Waals surface area (Å²) in [5, 5.41) is 0. The molecule has 0 N–H and O–H groups in total. The van der Waals surface area contributed by atoms with Crippen LogP contribution in [-0.2, 0) is 28.5 Å². The van der Waals surface area contributed by atoms with Gasteiger partial charge in [-0.15, -0.1) is 0 Å². The van der Waals surface area contributed by atoms with Crippen LogP contribution in [0.2, 0.25) is 0 Å². The first-order valence-electron chi connectivity index (χ1n) is 8.66. The predicted octanol–water partition coefficient (Wildman–Crippen LogP) is 2.20. The van der Waals surface area contributed by atoms with E-state index in [1.54, 1.807) is 6.92 Å². The van der Waals surface area contributed by atoms with Gasteiger partial charge in [-0.3, -0.25) is 9.59 Å². The number of esters is 2. The summed E-state index contributed by atoms with van der Waals surface area (Å²) in [5.41, 5.74) is -1.39. The van der Waals surface area contributed by atoms with Gasteiger partial charge < -0.3 is 18.9 Å². The summed E-state index contributed by atoms with van der Waals surface area (Å²) in [7, 11) is 0. The smallest absolute Gasteiger partial charge is 0.317 e. The van der Waals surface area contributed by atoms with Gasteiger partial charge in [0.25, 0.3) is 0 Å². The first-order chi connectivity index (χ1) is 11.0. The second kappa shape index (κ2) is 6.06. The van der Waals surface area contributed by atoms with E-state index in [0.29, 0.717) is 58.5 Å². The molecule has 0 unspecified atom stereocenters. The Hall–Kier alpha value is -1.14. The molecule has 1 aliphatic heterocycles. The van der Waals surface area contributed by atoms with E-state index in [-0.39, 0.29) is 11.9 Å². The van der Waals surface area contributed by atoms with Gasteiger partial charge in [0.05, 0.1) is 31.8 Å². The van der Waals surface area contributed by atoms with Gasteiger partial charge in [-0.1, -0.05) is 0 Å². The highest BCUT2D eigenvalue weighted by Crippen LogP contribution is 2.64. The second-order valence-electron chi connectivity index (χ2n) is 6.78. The number of carbonyl (C=O) groups excluding carboxylic acids is 2. The molecule has 1 saturated heterocycles. The summed E-state index contributed by atoms with van der Waals surface area (Å²) < 4.78 is 22.7. The van der Waals surface area contributed by atoms with Crippen LogP contribution >= 0.6 is 0 Å². The molecule has 4 fully saturated rings. The zero-order valence-corrected chi connectivity index (χ0v) is 14.0. The van der Waals surface area contributed by atoms with Crippen molar-refractivity contribution in [1.82, 2.24) is 0 Å². The predicted molar refractivity (Wildman–Crippen MR) is 80.5 cm³/mol. The van der Waals surface area contributed by atoms with Crippen molar-refractivity contribution >= 4 is 11.9 Å². The molecule has 6 heteroatoms. The lowest BCUT2D eigenvalue weighted by Crippen LogP contribution is -2.68. The molecule has 130 valence electrons. The molecule has 4 rings (SSSR count). The number of fused-ring (bicyclic) bond motifs is 2. The van der Waals surface area contributed by atoms with Crippen molar-refractivity contribution in [3.8, 4) is 0 Å². The van der Waals surface area contributed by atoms with E-state index < -0.39 is 16.6 Å². The molecule has 23 heavy (non-hydrogen) atoms. The Balaban J connectivity index is 1.95. The Kier molecular flexibility index (Phi) is 4.40. The van der Waals surface area contributed by atoms with Gasteiger partial charge in [-0.2, -0.15) is 0 Å². The fourth-order valence-electron chi connectivity index (χ4n) is 4.47. The highest BCUT2D eigenvalue weighted by molar-refractivity contribution is 5.83. The van der Waals surface area contributed by atoms with Crippen LogP contribution < -0.4 is 0 Å². The Labute approximate surface area is 136 Å². The van der Waals surface area contributed by atoms with Crippen molar-refractivity contribution in [1.29, 1.82) is 0 Å². The molecule has 3 saturated carbocycles. The van der Waals surface area contributed by atoms with Crippen molar-refractivity contribution in [2.75, 3.05) is 26.4 Å². The maximum atomic E-state index is 12.8. The quantitative estimate of drug-likeness (QED) is 0.738. The third-order valence-corrected chi connectivity index (χ3v) is 5.69. The summed E-state index contributed by atoms with van der Waals surface area (Å²) in [5.74, 6) is -1.48. The first-order valence-corrected chi connectivity index (χ1v) is 8.66. The molecule has 0 aromatic carbocycles. The van der Waals surface area contributed by atoms with E-state index in [4.69, 9.17) is 18.9 Å². The average molecular weight is 326 g/mol. The third-order valence-electron chi connectivity index (χ3n) is 5.69. The van der Waals surface area contributed by atoms with Gasteiger partial charge >= 0.3 is 11.9 Å². The van der Waals surface area contributed by atoms with E-state index in [0.717, 1.165) is 6.42 Å². The molecule has 6 nitrogen and oxygen atoms in total. The van der Waals surface area contributed by atoms with Gasteiger partial charge in [-0.25, -0.2) is 0 Å². The lowest BCUT2D eigenvalue weighted by molar-refractivity contribution is -0.360. The monoisotopic (exact) mass is 326 g/mol. The number of hydrogen-bond donors (Lipinski definition) is 0. The van der Waals surface area contributed by atoms with Crippen molar-refractivity contribution in [3.63, 3.8) is 0 Å². The van der Waals surface area contributed by atoms with E-state index in [9.17, 15) is 9.59 Å². The highest BCUT2D eigenvalue weighted by Gasteiger charge is 2.71. The standard InChI is InChI=1S/C17H26O6/c1-3-20-13(18)15-6-8-16(9-7-15,14(19)21-4-2)17(12-15)22-10-5-11-23-17/h3-12H2,1-2H3. The molecule has 0 amide bonds. The summed E-state index contributed by atoms with van der Waals surface area (Å²) in [6.07, 6.45) is 3.53. The summed E-state index contributed by atoms with van der Waals surface area (Å²) >= 11 is 0. The maximum Gasteiger partial charge on any atom is 0.317 e. The molecule has 1 spiro atoms. The van der Waals surface area contributed by atoms with Crippen molar-refractivity contribution in [2.45, 2.75) is 58.2 Å². The zero-order chi connectivity index (χ0) is 16.6. The van der Waals surface area contributed by atoms with Gasteiger partial charge in [0, 0.05) is 6.42 Å². The number of carbonyl (C=O) groups is 2. The summed E-state index contributed by atoms with van der Waals surface area (Å²) in [6, 6.07) is 0. The van der Waals surface area contributed by atoms with E-state index in [1.807, 2.05) is 6.92 Å². The van der Waals surface area contributed by atoms with Gasteiger partial charge in [0.1, 0.15) is 5.41 Å². The van der Waals surface area contributed by atoms with Crippen molar-refractivity contribution in [3.05, 3.63) is 0 Å². The largest absolute Gasteiger partial charge is 0.466 e. The van der Waals surface area contributed by atoms with Crippen LogP contribution in [0, 0.1) is 10.8 Å². The van der Waals surface area contributed by atoms with Crippen LogP contribution in [0.5, 0.6) is 0 Å². The lowest BCUT2D eigenvalue weighted by atomic mass is 9.50. The topological polar surface area (TPSA) is 71.1 Å². The highest BCUT2D eigenvalue weighted by atomic mass is 16.7. The van der Waals surface area contributed by atoms with E-state index >= 15 is 0 Å². The first kappa shape index (κ1) is 16.7. The van der Waals surface area contributed by atoms with Crippen molar-refractivity contribution in [2.24, 2.45) is 10.8 Å². The van der Waals surface area contributed by atoms with Crippen LogP contribution in [0.25, 0.3) is 0 Å². The van der Waals surface area contributed by atoms with Gasteiger partial charge in [0.2, 0.25) is 0 Å². The van der Waals surface area contributed by atoms with Gasteiger partial charge in [-0.05, 0) is 46.0 Å². The van der Waals surface area contributed by atoms with Crippen molar-refractivity contribution < 1.29 is 28.5 Å². The summed E-state index contributed by atoms with van der Waals surface area (Å²) in [4.78, 5) is 25.3. The minimum absolute atomic E-state index is 0.186. The number of ether oxygens (including phenoxy) is 4. The summed E-state index contributed by atoms with van der Waals surface area (Å²) in [6.45, 7) is 5.39. The van der Waals surface area contributed by atoms with Crippen LogP contribution in [-0.4, -0.2) is 44.2 Å². The Morgan fingerprint density at radius 2 is 1.48 bits per heavy atom. The molecule has 2 bridgehead atoms. The van der Waals surface area contributed by atoms with E-state index in [2.05, 4.69) is 0 Å². The molecule has 0 aromatic rings. The molecule has 1 heterocycles. The Bertz CT molecular complexity index is 471. The SMILES string of the molecule is CCOC(=O)C12CCC(C(=O)OCC)(CC1)C1(C2)OCCCO1. The molecule has 0 radical (unpaired) electrons. The molecular formula is C17H26O6. The zero-order valence-electron chi connectivity index (χ0n) is 14.0. The lowest BCUT2D eigenvalue weighted by Gasteiger charge is -2.61. The fraction of sp³-hybridized carbons (Fsp3) is 0.882. The minimum atomic E-state index is -1.04. The third kappa shape index (κ3) is 2.38. The fourth-order valence-corrected chi connectivity index (χ4v) is 4.47. The average Bonchev–Trinajstić information content (AvgIpc) is 2.57. The maximum absolute atomic E-state index is 12.8. The second-order valence-corrected chi connectivity index (χ2v) is 6.78. The number of rotatable bonds is 4. The van der Waals surface area contributed by atoms with E-state index in [1.165, 1.54) is 0 Å². The minimum Gasteiger partial charge on any atom is -0.466 e. The normalized spacial score (nSPS) is 35.0. The van der Waals surface area contributed by atoms with Crippen LogP contribution in [0.3, 0.4) is 0 Å². The molecule has 0 aromatic heterocycles. The van der Waals surface area contributed by atoms with Crippen LogP contribution in [0.4, 0.5) is 0 Å². The molecule has 3 aliphatic carbocycles.